The molecule has 2 rings (SSSR count). The molecule has 0 saturated heterocycles. The van der Waals surface area contributed by atoms with Crippen LogP contribution in [0.1, 0.15) is 25.0 Å². The van der Waals surface area contributed by atoms with Crippen LogP contribution in [0.25, 0.3) is 0 Å². The largest absolute Gasteiger partial charge is 0.490 e. The third kappa shape index (κ3) is 7.22. The van der Waals surface area contributed by atoms with Gasteiger partial charge in [-0.3, -0.25) is 0 Å². The number of aliphatic hydroxyl groups excluding tert-OH is 1. The molecule has 1 atom stereocenters. The van der Waals surface area contributed by atoms with Gasteiger partial charge < -0.3 is 19.9 Å². The average Bonchev–Trinajstić information content (AvgIpc) is 2.55. The van der Waals surface area contributed by atoms with E-state index in [1.54, 1.807) is 19.1 Å². The number of hydrogen-bond donors (Lipinski definition) is 2. The van der Waals surface area contributed by atoms with Crippen molar-refractivity contribution < 1.29 is 14.6 Å². The summed E-state index contributed by atoms with van der Waals surface area (Å²) >= 11 is 12.1. The molecule has 0 aliphatic carbocycles. The second-order valence-electron chi connectivity index (χ2n) is 5.72. The van der Waals surface area contributed by atoms with Crippen molar-refractivity contribution in [1.82, 2.24) is 5.32 Å². The third-order valence-electron chi connectivity index (χ3n) is 3.48. The summed E-state index contributed by atoms with van der Waals surface area (Å²) in [5.41, 5.74) is 1.91. The van der Waals surface area contributed by atoms with E-state index in [0.717, 1.165) is 11.1 Å². The molecule has 144 valence electrons. The Hall–Kier alpha value is -1.17. The quantitative estimate of drug-likeness (QED) is 0.608. The van der Waals surface area contributed by atoms with E-state index < -0.39 is 0 Å². The predicted octanol–water partition coefficient (Wildman–Crippen LogP) is 4.86. The minimum atomic E-state index is -0.377. The van der Waals surface area contributed by atoms with Crippen molar-refractivity contribution in [3.05, 3.63) is 57.6 Å². The lowest BCUT2D eigenvalue weighted by Gasteiger charge is -2.15. The molecule has 0 radical (unpaired) electrons. The lowest BCUT2D eigenvalue weighted by atomic mass is 10.2. The molecular weight excluding hydrogens is 397 g/mol. The van der Waals surface area contributed by atoms with Crippen LogP contribution < -0.4 is 14.8 Å². The van der Waals surface area contributed by atoms with Crippen LogP contribution in [0, 0.1) is 0 Å². The van der Waals surface area contributed by atoms with E-state index in [2.05, 4.69) is 5.32 Å². The predicted molar refractivity (Wildman–Crippen MR) is 109 cm³/mol. The van der Waals surface area contributed by atoms with Crippen LogP contribution in [0.15, 0.2) is 36.4 Å². The van der Waals surface area contributed by atoms with Crippen molar-refractivity contribution in [2.45, 2.75) is 33.1 Å². The lowest BCUT2D eigenvalue weighted by Crippen LogP contribution is -2.23. The molecule has 0 aliphatic heterocycles. The Balaban J connectivity index is 0.00000338. The molecule has 26 heavy (non-hydrogen) atoms. The fraction of sp³-hybridized carbons (Fsp3) is 0.368. The van der Waals surface area contributed by atoms with Crippen LogP contribution in [0.3, 0.4) is 0 Å². The number of ether oxygens (including phenoxy) is 2. The maximum Gasteiger partial charge on any atom is 0.161 e. The lowest BCUT2D eigenvalue weighted by molar-refractivity contribution is 0.191. The van der Waals surface area contributed by atoms with Gasteiger partial charge in [-0.15, -0.1) is 12.4 Å². The summed E-state index contributed by atoms with van der Waals surface area (Å²) in [6, 6.07) is 11.1. The monoisotopic (exact) mass is 419 g/mol. The maximum absolute atomic E-state index is 9.30. The molecule has 0 aliphatic rings. The summed E-state index contributed by atoms with van der Waals surface area (Å²) in [5.74, 6) is 1.34. The molecular formula is C19H24Cl3NO3. The van der Waals surface area contributed by atoms with Crippen molar-refractivity contribution in [3.63, 3.8) is 0 Å². The molecule has 0 heterocycles. The molecule has 2 N–H and O–H groups in total. The fourth-order valence-electron chi connectivity index (χ4n) is 2.27. The molecule has 0 fully saturated rings. The van der Waals surface area contributed by atoms with Gasteiger partial charge in [-0.1, -0.05) is 35.3 Å². The van der Waals surface area contributed by atoms with E-state index in [4.69, 9.17) is 32.7 Å². The van der Waals surface area contributed by atoms with E-state index >= 15 is 0 Å². The Labute approximate surface area is 170 Å². The zero-order valence-corrected chi connectivity index (χ0v) is 17.1. The van der Waals surface area contributed by atoms with Gasteiger partial charge in [-0.25, -0.2) is 0 Å². The second-order valence-corrected chi connectivity index (χ2v) is 6.56. The van der Waals surface area contributed by atoms with E-state index in [1.807, 2.05) is 31.2 Å². The number of halogens is 3. The van der Waals surface area contributed by atoms with Gasteiger partial charge in [-0.05, 0) is 43.7 Å². The zero-order chi connectivity index (χ0) is 18.2. The molecule has 0 bridgehead atoms. The topological polar surface area (TPSA) is 50.7 Å². The Morgan fingerprint density at radius 2 is 1.85 bits per heavy atom. The minimum absolute atomic E-state index is 0. The SMILES string of the molecule is CCOc1cc(CNCC(C)O)ccc1OCc1ccc(Cl)cc1Cl.Cl. The summed E-state index contributed by atoms with van der Waals surface area (Å²) < 4.78 is 11.6. The molecule has 1 unspecified atom stereocenters. The van der Waals surface area contributed by atoms with Gasteiger partial charge >= 0.3 is 0 Å². The summed E-state index contributed by atoms with van der Waals surface area (Å²) in [6.07, 6.45) is -0.377. The fourth-order valence-corrected chi connectivity index (χ4v) is 2.73. The minimum Gasteiger partial charge on any atom is -0.490 e. The van der Waals surface area contributed by atoms with Crippen molar-refractivity contribution >= 4 is 35.6 Å². The van der Waals surface area contributed by atoms with Crippen LogP contribution in [0.5, 0.6) is 11.5 Å². The van der Waals surface area contributed by atoms with Crippen molar-refractivity contribution in [2.24, 2.45) is 0 Å². The highest BCUT2D eigenvalue weighted by Crippen LogP contribution is 2.30. The van der Waals surface area contributed by atoms with Crippen molar-refractivity contribution in [2.75, 3.05) is 13.2 Å². The zero-order valence-electron chi connectivity index (χ0n) is 14.8. The van der Waals surface area contributed by atoms with Crippen LogP contribution in [0.2, 0.25) is 10.0 Å². The van der Waals surface area contributed by atoms with E-state index in [1.165, 1.54) is 0 Å². The molecule has 0 aromatic heterocycles. The first-order valence-corrected chi connectivity index (χ1v) is 8.96. The molecule has 0 amide bonds. The Bertz CT molecular complexity index is 696. The van der Waals surface area contributed by atoms with Gasteiger partial charge in [0.1, 0.15) is 6.61 Å². The van der Waals surface area contributed by atoms with Gasteiger partial charge in [0, 0.05) is 28.7 Å². The first-order valence-electron chi connectivity index (χ1n) is 8.20. The van der Waals surface area contributed by atoms with Gasteiger partial charge in [0.2, 0.25) is 0 Å². The normalized spacial score (nSPS) is 11.6. The summed E-state index contributed by atoms with van der Waals surface area (Å²) in [5, 5.41) is 13.7. The second kappa shape index (κ2) is 11.5. The highest BCUT2D eigenvalue weighted by Gasteiger charge is 2.09. The highest BCUT2D eigenvalue weighted by atomic mass is 35.5. The number of hydrogen-bond acceptors (Lipinski definition) is 4. The van der Waals surface area contributed by atoms with Gasteiger partial charge in [-0.2, -0.15) is 0 Å². The van der Waals surface area contributed by atoms with Crippen molar-refractivity contribution in [1.29, 1.82) is 0 Å². The molecule has 4 nitrogen and oxygen atoms in total. The number of nitrogens with one attached hydrogen (secondary N) is 1. The van der Waals surface area contributed by atoms with Crippen molar-refractivity contribution in [3.8, 4) is 11.5 Å². The smallest absolute Gasteiger partial charge is 0.161 e. The van der Waals surface area contributed by atoms with Crippen LogP contribution in [-0.2, 0) is 13.2 Å². The maximum atomic E-state index is 9.30. The summed E-state index contributed by atoms with van der Waals surface area (Å²) in [4.78, 5) is 0. The highest BCUT2D eigenvalue weighted by molar-refractivity contribution is 6.35. The molecule has 2 aromatic rings. The van der Waals surface area contributed by atoms with Crippen LogP contribution >= 0.6 is 35.6 Å². The first kappa shape index (κ1) is 22.9. The third-order valence-corrected chi connectivity index (χ3v) is 4.06. The van der Waals surface area contributed by atoms with Crippen LogP contribution in [0.4, 0.5) is 0 Å². The Morgan fingerprint density at radius 1 is 1.08 bits per heavy atom. The number of aliphatic hydroxyl groups is 1. The Kier molecular flexibility index (Phi) is 10.1. The summed E-state index contributed by atoms with van der Waals surface area (Å²) in [7, 11) is 0. The van der Waals surface area contributed by atoms with E-state index in [9.17, 15) is 5.11 Å². The van der Waals surface area contributed by atoms with E-state index in [-0.39, 0.29) is 18.5 Å². The molecule has 0 spiro atoms. The van der Waals surface area contributed by atoms with Gasteiger partial charge in [0.05, 0.1) is 12.7 Å². The molecule has 7 heteroatoms. The van der Waals surface area contributed by atoms with Crippen LogP contribution in [-0.4, -0.2) is 24.4 Å². The first-order chi connectivity index (χ1) is 12.0. The average molecular weight is 421 g/mol. The van der Waals surface area contributed by atoms with Gasteiger partial charge in [0.25, 0.3) is 0 Å². The number of rotatable bonds is 9. The summed E-state index contributed by atoms with van der Waals surface area (Å²) in [6.45, 7) is 5.74. The van der Waals surface area contributed by atoms with Gasteiger partial charge in [0.15, 0.2) is 11.5 Å². The Morgan fingerprint density at radius 3 is 2.50 bits per heavy atom. The molecule has 2 aromatic carbocycles. The molecule has 0 saturated carbocycles. The van der Waals surface area contributed by atoms with E-state index in [0.29, 0.717) is 47.8 Å². The standard InChI is InChI=1S/C19H23Cl2NO3.ClH/c1-3-24-19-8-14(11-22-10-13(2)23)4-7-18(19)25-12-15-5-6-16(20)9-17(15)21;/h4-9,13,22-23H,3,10-12H2,1-2H3;1H. The number of benzene rings is 2.